The van der Waals surface area contributed by atoms with E-state index in [0.717, 1.165) is 36.1 Å². The first-order valence-corrected chi connectivity index (χ1v) is 17.3. The Labute approximate surface area is 288 Å². The summed E-state index contributed by atoms with van der Waals surface area (Å²) in [7, 11) is 3.06. The van der Waals surface area contributed by atoms with Gasteiger partial charge in [0, 0.05) is 26.6 Å². The second-order valence-electron chi connectivity index (χ2n) is 11.0. The number of anilines is 2. The minimum atomic E-state index is -0.554. The van der Waals surface area contributed by atoms with E-state index in [2.05, 4.69) is 22.0 Å². The van der Waals surface area contributed by atoms with Crippen molar-refractivity contribution < 1.29 is 23.9 Å². The molecule has 1 atom stereocenters. The Morgan fingerprint density at radius 3 is 2.50 bits per heavy atom. The van der Waals surface area contributed by atoms with Gasteiger partial charge >= 0.3 is 0 Å². The van der Waals surface area contributed by atoms with Crippen molar-refractivity contribution >= 4 is 57.6 Å². The quantitative estimate of drug-likeness (QED) is 0.105. The number of thiophene rings is 1. The first kappa shape index (κ1) is 34.3. The molecule has 5 rings (SSSR count). The van der Waals surface area contributed by atoms with Crippen molar-refractivity contribution in [3.8, 4) is 17.6 Å². The Kier molecular flexibility index (Phi) is 11.6. The molecular weight excluding hydrogens is 645 g/mol. The van der Waals surface area contributed by atoms with Crippen LogP contribution < -0.4 is 25.4 Å². The van der Waals surface area contributed by atoms with E-state index in [1.54, 1.807) is 66.7 Å². The van der Waals surface area contributed by atoms with Gasteiger partial charge in [0.1, 0.15) is 28.3 Å². The highest BCUT2D eigenvalue weighted by atomic mass is 32.2. The molecule has 9 nitrogen and oxygen atoms in total. The highest BCUT2D eigenvalue weighted by Gasteiger charge is 2.25. The van der Waals surface area contributed by atoms with Crippen molar-refractivity contribution in [3.05, 3.63) is 106 Å². The van der Waals surface area contributed by atoms with E-state index in [9.17, 15) is 19.6 Å². The maximum absolute atomic E-state index is 13.7. The highest BCUT2D eigenvalue weighted by molar-refractivity contribution is 8.00. The molecular formula is C37H36N4O5S2. The number of carbonyl (C=O) groups excluding carboxylic acids is 3. The van der Waals surface area contributed by atoms with Crippen molar-refractivity contribution in [1.82, 2.24) is 5.32 Å². The van der Waals surface area contributed by atoms with Gasteiger partial charge in [-0.05, 0) is 92.3 Å². The number of nitrogens with zero attached hydrogens (tertiary/aromatic N) is 1. The highest BCUT2D eigenvalue weighted by Crippen LogP contribution is 2.38. The van der Waals surface area contributed by atoms with E-state index in [-0.39, 0.29) is 11.6 Å². The predicted octanol–water partition coefficient (Wildman–Crippen LogP) is 7.43. The lowest BCUT2D eigenvalue weighted by molar-refractivity contribution is -0.116. The van der Waals surface area contributed by atoms with Crippen molar-refractivity contribution in [2.24, 2.45) is 0 Å². The summed E-state index contributed by atoms with van der Waals surface area (Å²) in [6.07, 6.45) is 6.05. The number of aryl methyl sites for hydroxylation is 1. The Morgan fingerprint density at radius 2 is 1.77 bits per heavy atom. The standard InChI is InChI=1S/C37H36N4O5S2/c1-4-32(36(44)41-37-29(22-38)28-15-8-9-16-33(28)48-37)47-27-14-10-13-25(21-27)39-35(43)30(40-34(42)23-11-6-5-7-12-23)20-24-19-26(45-2)17-18-31(24)46-3/h5-7,10-14,17-21,32H,4,8-9,15-16H2,1-3H3,(H,39,43)(H,40,42)(H,41,44)/b30-20+. The lowest BCUT2D eigenvalue weighted by Crippen LogP contribution is -2.30. The molecule has 246 valence electrons. The van der Waals surface area contributed by atoms with Crippen LogP contribution >= 0.6 is 23.1 Å². The van der Waals surface area contributed by atoms with Gasteiger partial charge in [-0.3, -0.25) is 14.4 Å². The van der Waals surface area contributed by atoms with Crippen LogP contribution in [0.15, 0.2) is 83.4 Å². The number of rotatable bonds is 12. The van der Waals surface area contributed by atoms with E-state index < -0.39 is 17.1 Å². The molecule has 1 aromatic heterocycles. The van der Waals surface area contributed by atoms with Crippen LogP contribution in [0, 0.1) is 11.3 Å². The van der Waals surface area contributed by atoms with Crippen LogP contribution in [0.2, 0.25) is 0 Å². The van der Waals surface area contributed by atoms with Crippen LogP contribution in [-0.2, 0) is 22.4 Å². The first-order chi connectivity index (χ1) is 23.3. The lowest BCUT2D eigenvalue weighted by atomic mass is 9.96. The number of amides is 3. The Balaban J connectivity index is 1.35. The molecule has 0 radical (unpaired) electrons. The molecule has 0 saturated heterocycles. The minimum Gasteiger partial charge on any atom is -0.497 e. The third kappa shape index (κ3) is 8.26. The third-order valence-electron chi connectivity index (χ3n) is 7.82. The largest absolute Gasteiger partial charge is 0.497 e. The zero-order chi connectivity index (χ0) is 34.0. The molecule has 3 aromatic carbocycles. The smallest absolute Gasteiger partial charge is 0.272 e. The second-order valence-corrected chi connectivity index (χ2v) is 13.4. The number of carbonyl (C=O) groups is 3. The SMILES string of the molecule is CCC(Sc1cccc(NC(=O)/C(=C\c2cc(OC)ccc2OC)NC(=O)c2ccccc2)c1)C(=O)Nc1sc2c(c1C#N)CCCC2. The normalized spacial score (nSPS) is 13.0. The van der Waals surface area contributed by atoms with Crippen molar-refractivity contribution in [2.45, 2.75) is 49.2 Å². The first-order valence-electron chi connectivity index (χ1n) is 15.6. The molecule has 11 heteroatoms. The molecule has 3 amide bonds. The summed E-state index contributed by atoms with van der Waals surface area (Å²) < 4.78 is 10.9. The molecule has 1 aliphatic rings. The van der Waals surface area contributed by atoms with Crippen molar-refractivity contribution in [3.63, 3.8) is 0 Å². The van der Waals surface area contributed by atoms with Crippen LogP contribution in [0.3, 0.4) is 0 Å². The second kappa shape index (κ2) is 16.2. The summed E-state index contributed by atoms with van der Waals surface area (Å²) >= 11 is 2.88. The molecule has 0 fully saturated rings. The number of hydrogen-bond donors (Lipinski definition) is 3. The Bertz CT molecular complexity index is 1880. The van der Waals surface area contributed by atoms with Crippen LogP contribution in [0.25, 0.3) is 6.08 Å². The van der Waals surface area contributed by atoms with Gasteiger partial charge in [0.25, 0.3) is 11.8 Å². The molecule has 1 unspecified atom stereocenters. The van der Waals surface area contributed by atoms with Crippen molar-refractivity contribution in [2.75, 3.05) is 24.9 Å². The van der Waals surface area contributed by atoms with Gasteiger partial charge in [0.2, 0.25) is 5.91 Å². The van der Waals surface area contributed by atoms with Crippen LogP contribution in [0.4, 0.5) is 10.7 Å². The number of fused-ring (bicyclic) bond motifs is 1. The molecule has 3 N–H and O–H groups in total. The van der Waals surface area contributed by atoms with E-state index in [1.807, 2.05) is 13.0 Å². The topological polar surface area (TPSA) is 130 Å². The fraction of sp³-hybridized carbons (Fsp3) is 0.243. The predicted molar refractivity (Wildman–Crippen MR) is 191 cm³/mol. The molecule has 0 aliphatic heterocycles. The van der Waals surface area contributed by atoms with Gasteiger partial charge in [0.15, 0.2) is 0 Å². The summed E-state index contributed by atoms with van der Waals surface area (Å²) in [6, 6.07) is 23.3. The van der Waals surface area contributed by atoms with Gasteiger partial charge in [-0.15, -0.1) is 23.1 Å². The maximum atomic E-state index is 13.7. The van der Waals surface area contributed by atoms with Crippen LogP contribution in [-0.4, -0.2) is 37.2 Å². The lowest BCUT2D eigenvalue weighted by Gasteiger charge is -2.16. The molecule has 0 saturated carbocycles. The number of nitrogens with one attached hydrogen (secondary N) is 3. The third-order valence-corrected chi connectivity index (χ3v) is 10.4. The molecule has 48 heavy (non-hydrogen) atoms. The molecule has 4 aromatic rings. The number of benzene rings is 3. The Morgan fingerprint density at radius 1 is 0.979 bits per heavy atom. The molecule has 0 spiro atoms. The van der Waals surface area contributed by atoms with Gasteiger partial charge < -0.3 is 25.4 Å². The zero-order valence-corrected chi connectivity index (χ0v) is 28.6. The maximum Gasteiger partial charge on any atom is 0.272 e. The summed E-state index contributed by atoms with van der Waals surface area (Å²) in [6.45, 7) is 1.94. The van der Waals surface area contributed by atoms with Gasteiger partial charge in [-0.1, -0.05) is 31.2 Å². The molecule has 1 aliphatic carbocycles. The monoisotopic (exact) mass is 680 g/mol. The van der Waals surface area contributed by atoms with Crippen LogP contribution in [0.5, 0.6) is 11.5 Å². The average Bonchev–Trinajstić information content (AvgIpc) is 3.47. The average molecular weight is 681 g/mol. The van der Waals surface area contributed by atoms with E-state index in [4.69, 9.17) is 9.47 Å². The van der Waals surface area contributed by atoms with Gasteiger partial charge in [-0.2, -0.15) is 5.26 Å². The van der Waals surface area contributed by atoms with Crippen molar-refractivity contribution in [1.29, 1.82) is 5.26 Å². The number of nitriles is 1. The summed E-state index contributed by atoms with van der Waals surface area (Å²) in [5.41, 5.74) is 3.05. The van der Waals surface area contributed by atoms with Gasteiger partial charge in [0.05, 0.1) is 25.0 Å². The fourth-order valence-corrected chi connectivity index (χ4v) is 7.60. The molecule has 0 bridgehead atoms. The number of methoxy groups -OCH3 is 2. The minimum absolute atomic E-state index is 0.00813. The number of ether oxygens (including phenoxy) is 2. The Hall–Kier alpha value is -5.05. The summed E-state index contributed by atoms with van der Waals surface area (Å²) in [5.74, 6) is -0.138. The molecule has 1 heterocycles. The van der Waals surface area contributed by atoms with E-state index in [1.165, 1.54) is 48.3 Å². The summed E-state index contributed by atoms with van der Waals surface area (Å²) in [5, 5.41) is 18.7. The van der Waals surface area contributed by atoms with Crippen LogP contribution in [0.1, 0.15) is 58.1 Å². The zero-order valence-electron chi connectivity index (χ0n) is 26.9. The number of hydrogen-bond acceptors (Lipinski definition) is 8. The van der Waals surface area contributed by atoms with E-state index >= 15 is 0 Å². The summed E-state index contributed by atoms with van der Waals surface area (Å²) in [4.78, 5) is 42.2. The number of thioether (sulfide) groups is 1. The van der Waals surface area contributed by atoms with Gasteiger partial charge in [-0.25, -0.2) is 0 Å². The van der Waals surface area contributed by atoms with E-state index in [0.29, 0.717) is 45.3 Å². The fourth-order valence-electron chi connectivity index (χ4n) is 5.35.